The SMILES string of the molecule is CC(C)(C)C1CCC(CC(=O)O)(C(=O)O)CC1. The van der Waals surface area contributed by atoms with Crippen molar-refractivity contribution in [3.05, 3.63) is 0 Å². The fourth-order valence-corrected chi connectivity index (χ4v) is 2.79. The van der Waals surface area contributed by atoms with Gasteiger partial charge in [-0.1, -0.05) is 20.8 Å². The van der Waals surface area contributed by atoms with Gasteiger partial charge < -0.3 is 10.2 Å². The monoisotopic (exact) mass is 242 g/mol. The molecule has 0 aromatic rings. The van der Waals surface area contributed by atoms with Crippen molar-refractivity contribution in [1.82, 2.24) is 0 Å². The van der Waals surface area contributed by atoms with Gasteiger partial charge in [0.25, 0.3) is 0 Å². The Labute approximate surface area is 102 Å². The van der Waals surface area contributed by atoms with Gasteiger partial charge in [-0.3, -0.25) is 9.59 Å². The second-order valence-corrected chi connectivity index (χ2v) is 6.30. The molecule has 0 heterocycles. The zero-order chi connectivity index (χ0) is 13.3. The molecule has 1 aliphatic carbocycles. The van der Waals surface area contributed by atoms with Crippen LogP contribution in [0.4, 0.5) is 0 Å². The first kappa shape index (κ1) is 14.0. The maximum Gasteiger partial charge on any atom is 0.310 e. The van der Waals surface area contributed by atoms with Crippen LogP contribution in [-0.2, 0) is 9.59 Å². The number of carboxylic acids is 2. The van der Waals surface area contributed by atoms with E-state index in [0.717, 1.165) is 12.8 Å². The second kappa shape index (κ2) is 4.67. The van der Waals surface area contributed by atoms with E-state index in [9.17, 15) is 14.7 Å². The minimum atomic E-state index is -1.03. The molecular weight excluding hydrogens is 220 g/mol. The predicted octanol–water partition coefficient (Wildman–Crippen LogP) is 2.77. The average molecular weight is 242 g/mol. The van der Waals surface area contributed by atoms with Crippen LogP contribution in [0.3, 0.4) is 0 Å². The molecule has 4 nitrogen and oxygen atoms in total. The Bertz CT molecular complexity index is 306. The van der Waals surface area contributed by atoms with Gasteiger partial charge >= 0.3 is 11.9 Å². The van der Waals surface area contributed by atoms with Gasteiger partial charge in [0.1, 0.15) is 0 Å². The maximum absolute atomic E-state index is 11.3. The van der Waals surface area contributed by atoms with E-state index >= 15 is 0 Å². The fraction of sp³-hybridized carbons (Fsp3) is 0.846. The minimum Gasteiger partial charge on any atom is -0.481 e. The highest BCUT2D eigenvalue weighted by atomic mass is 16.4. The largest absolute Gasteiger partial charge is 0.481 e. The second-order valence-electron chi connectivity index (χ2n) is 6.30. The predicted molar refractivity (Wildman–Crippen MR) is 63.7 cm³/mol. The van der Waals surface area contributed by atoms with Crippen molar-refractivity contribution in [2.75, 3.05) is 0 Å². The third-order valence-electron chi connectivity index (χ3n) is 4.11. The highest BCUT2D eigenvalue weighted by Gasteiger charge is 2.45. The van der Waals surface area contributed by atoms with Crippen LogP contribution < -0.4 is 0 Å². The lowest BCUT2D eigenvalue weighted by atomic mass is 9.63. The van der Waals surface area contributed by atoms with Crippen LogP contribution in [0.15, 0.2) is 0 Å². The summed E-state index contributed by atoms with van der Waals surface area (Å²) in [7, 11) is 0. The summed E-state index contributed by atoms with van der Waals surface area (Å²) >= 11 is 0. The van der Waals surface area contributed by atoms with E-state index in [-0.39, 0.29) is 11.8 Å². The Hall–Kier alpha value is -1.06. The number of rotatable bonds is 3. The molecule has 0 aromatic heterocycles. The van der Waals surface area contributed by atoms with Crippen molar-refractivity contribution in [2.45, 2.75) is 52.9 Å². The lowest BCUT2D eigenvalue weighted by Gasteiger charge is -2.41. The van der Waals surface area contributed by atoms with Gasteiger partial charge in [0.2, 0.25) is 0 Å². The van der Waals surface area contributed by atoms with E-state index in [2.05, 4.69) is 20.8 Å². The normalized spacial score (nSPS) is 29.9. The third kappa shape index (κ3) is 3.20. The van der Waals surface area contributed by atoms with Crippen molar-refractivity contribution in [2.24, 2.45) is 16.7 Å². The van der Waals surface area contributed by atoms with Gasteiger partial charge in [-0.15, -0.1) is 0 Å². The maximum atomic E-state index is 11.3. The van der Waals surface area contributed by atoms with E-state index in [1.807, 2.05) is 0 Å². The molecule has 0 atom stereocenters. The van der Waals surface area contributed by atoms with Crippen molar-refractivity contribution < 1.29 is 19.8 Å². The summed E-state index contributed by atoms with van der Waals surface area (Å²) in [5, 5.41) is 18.1. The van der Waals surface area contributed by atoms with Crippen LogP contribution in [0.1, 0.15) is 52.9 Å². The van der Waals surface area contributed by atoms with Crippen LogP contribution in [-0.4, -0.2) is 22.2 Å². The van der Waals surface area contributed by atoms with Crippen LogP contribution in [0.5, 0.6) is 0 Å². The summed E-state index contributed by atoms with van der Waals surface area (Å²) in [5.74, 6) is -1.47. The molecule has 0 radical (unpaired) electrons. The zero-order valence-corrected chi connectivity index (χ0v) is 10.8. The highest BCUT2D eigenvalue weighted by Crippen LogP contribution is 2.47. The molecule has 0 bridgehead atoms. The van der Waals surface area contributed by atoms with Crippen LogP contribution in [0.25, 0.3) is 0 Å². The average Bonchev–Trinajstić information content (AvgIpc) is 2.15. The van der Waals surface area contributed by atoms with Crippen molar-refractivity contribution in [3.63, 3.8) is 0 Å². The smallest absolute Gasteiger partial charge is 0.310 e. The Balaban J connectivity index is 2.75. The molecule has 1 saturated carbocycles. The summed E-state index contributed by atoms with van der Waals surface area (Å²) in [6.07, 6.45) is 2.33. The molecule has 0 unspecified atom stereocenters. The highest BCUT2D eigenvalue weighted by molar-refractivity contribution is 5.81. The molecule has 0 amide bonds. The number of hydrogen-bond acceptors (Lipinski definition) is 2. The van der Waals surface area contributed by atoms with E-state index < -0.39 is 17.4 Å². The molecule has 0 aromatic carbocycles. The van der Waals surface area contributed by atoms with Crippen molar-refractivity contribution >= 4 is 11.9 Å². The topological polar surface area (TPSA) is 74.6 Å². The van der Waals surface area contributed by atoms with Gasteiger partial charge in [0.05, 0.1) is 11.8 Å². The Morgan fingerprint density at radius 3 is 1.94 bits per heavy atom. The first-order valence-corrected chi connectivity index (χ1v) is 6.12. The summed E-state index contributed by atoms with van der Waals surface area (Å²) in [4.78, 5) is 22.1. The molecule has 17 heavy (non-hydrogen) atoms. The fourth-order valence-electron chi connectivity index (χ4n) is 2.79. The first-order valence-electron chi connectivity index (χ1n) is 6.12. The molecule has 2 N–H and O–H groups in total. The summed E-state index contributed by atoms with van der Waals surface area (Å²) < 4.78 is 0. The molecule has 0 spiro atoms. The van der Waals surface area contributed by atoms with Crippen molar-refractivity contribution in [1.29, 1.82) is 0 Å². The standard InChI is InChI=1S/C13H22O4/c1-12(2,3)9-4-6-13(7-5-9,11(16)17)8-10(14)15/h9H,4-8H2,1-3H3,(H,14,15)(H,16,17). The molecule has 1 aliphatic rings. The Morgan fingerprint density at radius 2 is 1.65 bits per heavy atom. The summed E-state index contributed by atoms with van der Waals surface area (Å²) in [5.41, 5.74) is -0.860. The van der Waals surface area contributed by atoms with Crippen LogP contribution in [0.2, 0.25) is 0 Å². The van der Waals surface area contributed by atoms with E-state index in [0.29, 0.717) is 18.8 Å². The van der Waals surface area contributed by atoms with E-state index in [4.69, 9.17) is 5.11 Å². The number of carboxylic acid groups (broad SMARTS) is 2. The first-order chi connectivity index (χ1) is 7.67. The lowest BCUT2D eigenvalue weighted by Crippen LogP contribution is -2.39. The number of carbonyl (C=O) groups is 2. The van der Waals surface area contributed by atoms with Crippen molar-refractivity contribution in [3.8, 4) is 0 Å². The molecule has 1 fully saturated rings. The summed E-state index contributed by atoms with van der Waals surface area (Å²) in [6, 6.07) is 0. The number of hydrogen-bond donors (Lipinski definition) is 2. The van der Waals surface area contributed by atoms with Crippen LogP contribution >= 0.6 is 0 Å². The van der Waals surface area contributed by atoms with Crippen LogP contribution in [0, 0.1) is 16.7 Å². The number of aliphatic carboxylic acids is 2. The molecular formula is C13H22O4. The minimum absolute atomic E-state index is 0.174. The molecule has 98 valence electrons. The van der Waals surface area contributed by atoms with Gasteiger partial charge in [0, 0.05) is 0 Å². The van der Waals surface area contributed by atoms with Gasteiger partial charge in [0.15, 0.2) is 0 Å². The van der Waals surface area contributed by atoms with Gasteiger partial charge in [-0.2, -0.15) is 0 Å². The van der Waals surface area contributed by atoms with Gasteiger partial charge in [-0.05, 0) is 37.0 Å². The van der Waals surface area contributed by atoms with Gasteiger partial charge in [-0.25, -0.2) is 0 Å². The Kier molecular flexibility index (Phi) is 3.84. The Morgan fingerprint density at radius 1 is 1.18 bits per heavy atom. The third-order valence-corrected chi connectivity index (χ3v) is 4.11. The molecule has 4 heteroatoms. The summed E-state index contributed by atoms with van der Waals surface area (Å²) in [6.45, 7) is 6.47. The lowest BCUT2D eigenvalue weighted by molar-refractivity contribution is -0.159. The molecule has 0 aliphatic heterocycles. The molecule has 0 saturated heterocycles. The quantitative estimate of drug-likeness (QED) is 0.798. The van der Waals surface area contributed by atoms with E-state index in [1.54, 1.807) is 0 Å². The molecule has 1 rings (SSSR count). The zero-order valence-electron chi connectivity index (χ0n) is 10.8. The van der Waals surface area contributed by atoms with E-state index in [1.165, 1.54) is 0 Å².